The lowest BCUT2D eigenvalue weighted by molar-refractivity contribution is -0.738. The highest BCUT2D eigenvalue weighted by molar-refractivity contribution is 4.97. The van der Waals surface area contributed by atoms with Crippen LogP contribution < -0.4 is 4.68 Å². The Morgan fingerprint density at radius 2 is 2.30 bits per heavy atom. The van der Waals surface area contributed by atoms with Gasteiger partial charge in [-0.1, -0.05) is 4.68 Å². The fourth-order valence-corrected chi connectivity index (χ4v) is 1.29. The average Bonchev–Trinajstić information content (AvgIpc) is 2.64. The molecule has 10 heavy (non-hydrogen) atoms. The topological polar surface area (TPSA) is 34.6 Å². The average molecular weight is 139 g/mol. The Bertz CT molecular complexity index is 229. The van der Waals surface area contributed by atoms with Crippen LogP contribution in [0.15, 0.2) is 0 Å². The second-order valence-electron chi connectivity index (χ2n) is 2.86. The van der Waals surface area contributed by atoms with E-state index in [1.165, 1.54) is 18.7 Å². The molecule has 0 spiro atoms. The molecule has 54 valence electrons. The fraction of sp³-hybridized carbons (Fsp3) is 0.833. The first kappa shape index (κ1) is 5.82. The molecule has 1 aliphatic rings. The molecule has 1 fully saturated rings. The lowest BCUT2D eigenvalue weighted by Crippen LogP contribution is -2.35. The molecule has 4 heteroatoms. The van der Waals surface area contributed by atoms with E-state index in [9.17, 15) is 0 Å². The standard InChI is InChI=1S/C6H11N4/c1-9-6(5-3-4-5)10(2)8-7-9/h5H,3-4H2,1-2H3/q+1. The third-order valence-corrected chi connectivity index (χ3v) is 1.91. The third kappa shape index (κ3) is 0.716. The monoisotopic (exact) mass is 139 g/mol. The van der Waals surface area contributed by atoms with Crippen LogP contribution in [0.5, 0.6) is 0 Å². The Labute approximate surface area is 59.4 Å². The quantitative estimate of drug-likeness (QED) is 0.492. The van der Waals surface area contributed by atoms with Gasteiger partial charge in [0.05, 0.1) is 14.1 Å². The number of aryl methyl sites for hydroxylation is 2. The Hall–Kier alpha value is -0.930. The molecule has 0 N–H and O–H groups in total. The van der Waals surface area contributed by atoms with Crippen molar-refractivity contribution in [3.8, 4) is 0 Å². The van der Waals surface area contributed by atoms with Gasteiger partial charge in [0, 0.05) is 5.92 Å². The number of nitrogens with zero attached hydrogens (tertiary/aromatic N) is 4. The largest absolute Gasteiger partial charge is 0.259 e. The second-order valence-corrected chi connectivity index (χ2v) is 2.86. The Morgan fingerprint density at radius 1 is 1.60 bits per heavy atom. The zero-order chi connectivity index (χ0) is 7.14. The first-order valence-corrected chi connectivity index (χ1v) is 3.55. The van der Waals surface area contributed by atoms with Crippen molar-refractivity contribution >= 4 is 0 Å². The molecule has 2 rings (SSSR count). The maximum Gasteiger partial charge on any atom is 0.259 e. The maximum atomic E-state index is 3.91. The van der Waals surface area contributed by atoms with Crippen LogP contribution in [0, 0.1) is 0 Å². The Kier molecular flexibility index (Phi) is 1.03. The van der Waals surface area contributed by atoms with Crippen LogP contribution >= 0.6 is 0 Å². The van der Waals surface area contributed by atoms with Crippen molar-refractivity contribution in [3.05, 3.63) is 5.82 Å². The van der Waals surface area contributed by atoms with E-state index >= 15 is 0 Å². The highest BCUT2D eigenvalue weighted by atomic mass is 15.6. The predicted molar refractivity (Wildman–Crippen MR) is 34.2 cm³/mol. The van der Waals surface area contributed by atoms with Crippen molar-refractivity contribution in [2.24, 2.45) is 14.1 Å². The molecule has 1 aromatic heterocycles. The molecule has 0 saturated heterocycles. The minimum atomic E-state index is 0.727. The highest BCUT2D eigenvalue weighted by Crippen LogP contribution is 2.37. The van der Waals surface area contributed by atoms with Crippen LogP contribution in [0.3, 0.4) is 0 Å². The van der Waals surface area contributed by atoms with Crippen LogP contribution in [0.25, 0.3) is 0 Å². The van der Waals surface area contributed by atoms with Gasteiger partial charge in [-0.15, -0.1) is 4.68 Å². The summed E-state index contributed by atoms with van der Waals surface area (Å²) >= 11 is 0. The second kappa shape index (κ2) is 1.78. The molecule has 0 aromatic carbocycles. The van der Waals surface area contributed by atoms with Crippen molar-refractivity contribution in [2.75, 3.05) is 0 Å². The molecule has 0 aliphatic heterocycles. The van der Waals surface area contributed by atoms with E-state index in [-0.39, 0.29) is 0 Å². The van der Waals surface area contributed by atoms with Crippen LogP contribution in [-0.4, -0.2) is 15.1 Å². The van der Waals surface area contributed by atoms with E-state index in [4.69, 9.17) is 0 Å². The summed E-state index contributed by atoms with van der Waals surface area (Å²) < 4.78 is 3.72. The minimum Gasteiger partial charge on any atom is -0.140 e. The molecule has 0 bridgehead atoms. The third-order valence-electron chi connectivity index (χ3n) is 1.91. The number of aromatic nitrogens is 4. The summed E-state index contributed by atoms with van der Waals surface area (Å²) in [5.41, 5.74) is 0. The summed E-state index contributed by atoms with van der Waals surface area (Å²) in [4.78, 5) is 0. The first-order valence-electron chi connectivity index (χ1n) is 3.55. The highest BCUT2D eigenvalue weighted by Gasteiger charge is 2.34. The van der Waals surface area contributed by atoms with Crippen molar-refractivity contribution in [1.29, 1.82) is 0 Å². The van der Waals surface area contributed by atoms with Crippen molar-refractivity contribution in [1.82, 2.24) is 15.1 Å². The Balaban J connectivity index is 2.44. The molecule has 1 aliphatic carbocycles. The predicted octanol–water partition coefficient (Wildman–Crippen LogP) is -0.483. The van der Waals surface area contributed by atoms with Gasteiger partial charge in [-0.25, -0.2) is 0 Å². The molecular formula is C6H11N4+. The lowest BCUT2D eigenvalue weighted by Gasteiger charge is -1.87. The van der Waals surface area contributed by atoms with Crippen molar-refractivity contribution in [2.45, 2.75) is 18.8 Å². The van der Waals surface area contributed by atoms with Gasteiger partial charge in [0.25, 0.3) is 5.82 Å². The van der Waals surface area contributed by atoms with Gasteiger partial charge >= 0.3 is 0 Å². The van der Waals surface area contributed by atoms with E-state index in [0.29, 0.717) is 0 Å². The number of hydrogen-bond donors (Lipinski definition) is 0. The number of tetrazole rings is 1. The van der Waals surface area contributed by atoms with Gasteiger partial charge in [-0.05, 0) is 12.8 Å². The summed E-state index contributed by atoms with van der Waals surface area (Å²) in [6.07, 6.45) is 2.60. The SMILES string of the molecule is Cn1nn[n+](C)c1C1CC1. The molecule has 4 nitrogen and oxygen atoms in total. The molecule has 1 saturated carbocycles. The van der Waals surface area contributed by atoms with Crippen molar-refractivity contribution in [3.63, 3.8) is 0 Å². The van der Waals surface area contributed by atoms with Gasteiger partial charge in [0.2, 0.25) is 0 Å². The molecule has 0 radical (unpaired) electrons. The van der Waals surface area contributed by atoms with E-state index in [1.807, 2.05) is 23.5 Å². The minimum absolute atomic E-state index is 0.727. The van der Waals surface area contributed by atoms with Crippen LogP contribution in [0.2, 0.25) is 0 Å². The van der Waals surface area contributed by atoms with E-state index < -0.39 is 0 Å². The fourth-order valence-electron chi connectivity index (χ4n) is 1.29. The summed E-state index contributed by atoms with van der Waals surface area (Å²) in [6, 6.07) is 0. The summed E-state index contributed by atoms with van der Waals surface area (Å²) in [5, 5.41) is 7.81. The molecule has 1 heterocycles. The number of hydrogen-bond acceptors (Lipinski definition) is 2. The van der Waals surface area contributed by atoms with Crippen LogP contribution in [0.1, 0.15) is 24.6 Å². The number of rotatable bonds is 1. The zero-order valence-electron chi connectivity index (χ0n) is 6.28. The smallest absolute Gasteiger partial charge is 0.140 e. The van der Waals surface area contributed by atoms with Crippen LogP contribution in [0.4, 0.5) is 0 Å². The van der Waals surface area contributed by atoms with E-state index in [2.05, 4.69) is 10.4 Å². The molecule has 0 amide bonds. The Morgan fingerprint density at radius 3 is 2.70 bits per heavy atom. The van der Waals surface area contributed by atoms with Gasteiger partial charge in [0.1, 0.15) is 5.21 Å². The molecule has 0 unspecified atom stereocenters. The van der Waals surface area contributed by atoms with Gasteiger partial charge in [-0.3, -0.25) is 0 Å². The van der Waals surface area contributed by atoms with Gasteiger partial charge in [0.15, 0.2) is 5.21 Å². The molecule has 0 atom stereocenters. The molecular weight excluding hydrogens is 128 g/mol. The van der Waals surface area contributed by atoms with E-state index in [1.54, 1.807) is 0 Å². The lowest BCUT2D eigenvalue weighted by atomic mass is 10.4. The normalized spacial score (nSPS) is 17.8. The van der Waals surface area contributed by atoms with Gasteiger partial charge in [-0.2, -0.15) is 0 Å². The summed E-state index contributed by atoms with van der Waals surface area (Å²) in [5.74, 6) is 1.98. The molecule has 1 aromatic rings. The van der Waals surface area contributed by atoms with Gasteiger partial charge < -0.3 is 0 Å². The van der Waals surface area contributed by atoms with E-state index in [0.717, 1.165) is 5.92 Å². The maximum absolute atomic E-state index is 3.91. The summed E-state index contributed by atoms with van der Waals surface area (Å²) in [7, 11) is 3.89. The van der Waals surface area contributed by atoms with Crippen molar-refractivity contribution < 1.29 is 4.68 Å². The first-order chi connectivity index (χ1) is 4.79. The summed E-state index contributed by atoms with van der Waals surface area (Å²) in [6.45, 7) is 0. The van der Waals surface area contributed by atoms with Crippen LogP contribution in [-0.2, 0) is 14.1 Å². The zero-order valence-corrected chi connectivity index (χ0v) is 6.28.